The van der Waals surface area contributed by atoms with Crippen molar-refractivity contribution in [3.8, 4) is 5.75 Å². The molecule has 0 aliphatic carbocycles. The highest BCUT2D eigenvalue weighted by Gasteiger charge is 2.42. The monoisotopic (exact) mass is 512 g/mol. The standard InChI is InChI=1S/C28H33ClN2O5/c1-30-13-5-2-3-6-14-31-15-7-4-8-20-16-23(29)11-9-21(20)19-36-25-12-10-22(17-24(25)31)28(35,27(33)34)18-26(30)32/h2,5,9-12,16-17,35H,3-4,6-8,13-15,18-19H2,1H3,(H,33,34)/b5-2+/t28-/m0/s1. The third-order valence-corrected chi connectivity index (χ3v) is 7.22. The van der Waals surface area contributed by atoms with Gasteiger partial charge in [0.1, 0.15) is 12.4 Å². The molecular weight excluding hydrogens is 480 g/mol. The average molecular weight is 513 g/mol. The van der Waals surface area contributed by atoms with Crippen LogP contribution in [0.5, 0.6) is 5.75 Å². The van der Waals surface area contributed by atoms with Gasteiger partial charge in [-0.25, -0.2) is 4.79 Å². The summed E-state index contributed by atoms with van der Waals surface area (Å²) in [4.78, 5) is 28.7. The number of aliphatic carboxylic acids is 1. The van der Waals surface area contributed by atoms with E-state index in [1.165, 1.54) is 10.5 Å². The number of aryl methyl sites for hydroxylation is 1. The lowest BCUT2D eigenvalue weighted by molar-refractivity contribution is -0.164. The Morgan fingerprint density at radius 2 is 1.86 bits per heavy atom. The first-order valence-electron chi connectivity index (χ1n) is 12.4. The summed E-state index contributed by atoms with van der Waals surface area (Å²) >= 11 is 6.25. The lowest BCUT2D eigenvalue weighted by Crippen LogP contribution is -2.42. The van der Waals surface area contributed by atoms with Gasteiger partial charge in [0.25, 0.3) is 0 Å². The maximum atomic E-state index is 12.8. The lowest BCUT2D eigenvalue weighted by atomic mass is 9.89. The Labute approximate surface area is 216 Å². The fraction of sp³-hybridized carbons (Fsp3) is 0.429. The summed E-state index contributed by atoms with van der Waals surface area (Å²) in [6.45, 7) is 2.22. The number of ether oxygens (including phenoxy) is 1. The number of likely N-dealkylation sites (N-methyl/N-ethyl adjacent to an activating group) is 1. The molecule has 2 N–H and O–H groups in total. The number of benzene rings is 2. The van der Waals surface area contributed by atoms with Crippen LogP contribution in [-0.4, -0.2) is 53.7 Å². The van der Waals surface area contributed by atoms with E-state index in [0.717, 1.165) is 56.4 Å². The number of carboxylic acids is 1. The molecule has 0 fully saturated rings. The molecule has 0 saturated carbocycles. The number of halogens is 1. The highest BCUT2D eigenvalue weighted by atomic mass is 35.5. The predicted octanol–water partition coefficient (Wildman–Crippen LogP) is 4.53. The third kappa shape index (κ3) is 5.85. The summed E-state index contributed by atoms with van der Waals surface area (Å²) in [6.07, 6.45) is 7.93. The molecule has 36 heavy (non-hydrogen) atoms. The lowest BCUT2D eigenvalue weighted by Gasteiger charge is -2.31. The molecule has 7 nitrogen and oxygen atoms in total. The predicted molar refractivity (Wildman–Crippen MR) is 140 cm³/mol. The highest BCUT2D eigenvalue weighted by molar-refractivity contribution is 6.30. The molecule has 0 aromatic heterocycles. The van der Waals surface area contributed by atoms with Crippen molar-refractivity contribution >= 4 is 29.2 Å². The molecule has 0 saturated heterocycles. The summed E-state index contributed by atoms with van der Waals surface area (Å²) in [5.41, 5.74) is 0.770. The Bertz CT molecular complexity index is 1150. The number of carboxylic acid groups (broad SMARTS) is 1. The van der Waals surface area contributed by atoms with E-state index < -0.39 is 23.9 Å². The number of carbonyl (C=O) groups excluding carboxylic acids is 1. The number of allylic oxidation sites excluding steroid dienone is 1. The first-order valence-corrected chi connectivity index (χ1v) is 12.8. The van der Waals surface area contributed by atoms with Crippen LogP contribution in [0.2, 0.25) is 5.02 Å². The van der Waals surface area contributed by atoms with Crippen molar-refractivity contribution in [3.63, 3.8) is 0 Å². The second-order valence-corrected chi connectivity index (χ2v) is 9.99. The van der Waals surface area contributed by atoms with Crippen molar-refractivity contribution in [2.24, 2.45) is 0 Å². The molecule has 2 aliphatic rings. The van der Waals surface area contributed by atoms with E-state index in [9.17, 15) is 19.8 Å². The number of rotatable bonds is 1. The van der Waals surface area contributed by atoms with Crippen molar-refractivity contribution in [1.29, 1.82) is 0 Å². The fourth-order valence-electron chi connectivity index (χ4n) is 4.75. The first-order chi connectivity index (χ1) is 17.3. The molecule has 0 radical (unpaired) electrons. The van der Waals surface area contributed by atoms with Crippen molar-refractivity contribution in [1.82, 2.24) is 4.90 Å². The van der Waals surface area contributed by atoms with Crippen LogP contribution in [-0.2, 0) is 28.2 Å². The van der Waals surface area contributed by atoms with Gasteiger partial charge in [0.15, 0.2) is 5.60 Å². The van der Waals surface area contributed by atoms with E-state index in [2.05, 4.69) is 4.90 Å². The minimum atomic E-state index is -2.35. The first kappa shape index (κ1) is 26.0. The molecule has 0 unspecified atom stereocenters. The van der Waals surface area contributed by atoms with E-state index >= 15 is 0 Å². The average Bonchev–Trinajstić information content (AvgIpc) is 2.88. The van der Waals surface area contributed by atoms with Crippen LogP contribution in [0.15, 0.2) is 48.6 Å². The summed E-state index contributed by atoms with van der Waals surface area (Å²) in [7, 11) is 1.61. The second-order valence-electron chi connectivity index (χ2n) is 9.56. The van der Waals surface area contributed by atoms with Crippen LogP contribution in [0, 0.1) is 0 Å². The van der Waals surface area contributed by atoms with Crippen LogP contribution in [0.1, 0.15) is 48.8 Å². The minimum Gasteiger partial charge on any atom is -0.487 e. The number of nitrogens with zero attached hydrogens (tertiary/aromatic N) is 2. The smallest absolute Gasteiger partial charge is 0.340 e. The molecule has 8 heteroatoms. The zero-order chi connectivity index (χ0) is 25.7. The zero-order valence-corrected chi connectivity index (χ0v) is 21.3. The van der Waals surface area contributed by atoms with E-state index in [-0.39, 0.29) is 5.56 Å². The Morgan fingerprint density at radius 3 is 2.67 bits per heavy atom. The van der Waals surface area contributed by atoms with Crippen LogP contribution in [0.25, 0.3) is 0 Å². The van der Waals surface area contributed by atoms with E-state index in [1.807, 2.05) is 30.4 Å². The molecule has 2 heterocycles. The molecule has 2 aliphatic heterocycles. The van der Waals surface area contributed by atoms with Crippen molar-refractivity contribution < 1.29 is 24.5 Å². The fourth-order valence-corrected chi connectivity index (χ4v) is 4.94. The van der Waals surface area contributed by atoms with E-state index in [0.29, 0.717) is 23.9 Å². The summed E-state index contributed by atoms with van der Waals surface area (Å²) < 4.78 is 6.28. The molecule has 192 valence electrons. The summed E-state index contributed by atoms with van der Waals surface area (Å²) in [5.74, 6) is -1.29. The molecule has 0 spiro atoms. The Morgan fingerprint density at radius 1 is 1.06 bits per heavy atom. The number of aliphatic hydroxyl groups is 1. The molecule has 2 bridgehead atoms. The molecule has 4 rings (SSSR count). The maximum Gasteiger partial charge on any atom is 0.340 e. The van der Waals surface area contributed by atoms with Gasteiger partial charge >= 0.3 is 5.97 Å². The van der Waals surface area contributed by atoms with Gasteiger partial charge in [0, 0.05) is 31.7 Å². The summed E-state index contributed by atoms with van der Waals surface area (Å²) in [6, 6.07) is 10.8. The molecule has 1 atom stereocenters. The van der Waals surface area contributed by atoms with Crippen molar-refractivity contribution in [3.05, 3.63) is 70.3 Å². The Balaban J connectivity index is 1.77. The van der Waals surface area contributed by atoms with Gasteiger partial charge in [-0.2, -0.15) is 0 Å². The third-order valence-electron chi connectivity index (χ3n) is 6.98. The normalized spacial score (nSPS) is 22.5. The number of hydrogen-bond acceptors (Lipinski definition) is 5. The van der Waals surface area contributed by atoms with Crippen LogP contribution in [0.4, 0.5) is 5.69 Å². The quantitative estimate of drug-likeness (QED) is 0.545. The maximum absolute atomic E-state index is 12.8. The second kappa shape index (κ2) is 11.4. The number of amides is 1. The van der Waals surface area contributed by atoms with Gasteiger partial charge in [-0.3, -0.25) is 4.79 Å². The Hall–Kier alpha value is -3.03. The van der Waals surface area contributed by atoms with Crippen LogP contribution in [0.3, 0.4) is 0 Å². The van der Waals surface area contributed by atoms with Gasteiger partial charge in [-0.15, -0.1) is 0 Å². The van der Waals surface area contributed by atoms with E-state index in [4.69, 9.17) is 16.3 Å². The van der Waals surface area contributed by atoms with Gasteiger partial charge < -0.3 is 24.7 Å². The van der Waals surface area contributed by atoms with Crippen molar-refractivity contribution in [2.75, 3.05) is 31.6 Å². The summed E-state index contributed by atoms with van der Waals surface area (Å²) in [5, 5.41) is 22.0. The van der Waals surface area contributed by atoms with Gasteiger partial charge in [-0.1, -0.05) is 35.9 Å². The number of anilines is 1. The molecule has 2 aromatic rings. The largest absolute Gasteiger partial charge is 0.487 e. The molecule has 2 aromatic carbocycles. The van der Waals surface area contributed by atoms with Crippen molar-refractivity contribution in [2.45, 2.75) is 50.7 Å². The Kier molecular flexibility index (Phi) is 8.21. The zero-order valence-electron chi connectivity index (χ0n) is 20.6. The van der Waals surface area contributed by atoms with Crippen LogP contribution >= 0.6 is 11.6 Å². The molecular formula is C28H33ClN2O5. The minimum absolute atomic E-state index is 0.166. The van der Waals surface area contributed by atoms with Gasteiger partial charge in [-0.05, 0) is 73.1 Å². The topological polar surface area (TPSA) is 90.3 Å². The number of hydrogen-bond donors (Lipinski definition) is 2. The van der Waals surface area contributed by atoms with Gasteiger partial charge in [0.2, 0.25) is 5.91 Å². The van der Waals surface area contributed by atoms with E-state index in [1.54, 1.807) is 25.2 Å². The molecule has 1 amide bonds. The number of fused-ring (bicyclic) bond motifs is 2. The van der Waals surface area contributed by atoms with Crippen LogP contribution < -0.4 is 9.64 Å². The van der Waals surface area contributed by atoms with Gasteiger partial charge in [0.05, 0.1) is 12.1 Å². The SMILES string of the molecule is CN1C/C=C/CCCN2CCCCc3cc(Cl)ccc3COc3ccc(cc32)[C@](O)(C(=O)O)CC1=O. The number of carbonyl (C=O) groups is 2. The highest BCUT2D eigenvalue weighted by Crippen LogP contribution is 2.37.